The highest BCUT2D eigenvalue weighted by Gasteiger charge is 2.37. The number of para-hydroxylation sites is 1. The van der Waals surface area contributed by atoms with Crippen LogP contribution in [0.1, 0.15) is 40.6 Å². The third-order valence-electron chi connectivity index (χ3n) is 7.13. The van der Waals surface area contributed by atoms with Gasteiger partial charge in [0.1, 0.15) is 18.2 Å². The zero-order chi connectivity index (χ0) is 25.2. The normalized spacial score (nSPS) is 19.9. The van der Waals surface area contributed by atoms with E-state index < -0.39 is 0 Å². The summed E-state index contributed by atoms with van der Waals surface area (Å²) in [5, 5.41) is 3.78. The second kappa shape index (κ2) is 10.3. The van der Waals surface area contributed by atoms with E-state index in [4.69, 9.17) is 9.73 Å². The van der Waals surface area contributed by atoms with Crippen molar-refractivity contribution in [2.75, 3.05) is 5.32 Å². The van der Waals surface area contributed by atoms with Crippen molar-refractivity contribution in [2.45, 2.75) is 25.0 Å². The topological polar surface area (TPSA) is 33.6 Å². The summed E-state index contributed by atoms with van der Waals surface area (Å²) in [6.07, 6.45) is 7.57. The number of hydrogen-bond acceptors (Lipinski definition) is 3. The molecule has 4 aromatic rings. The molecular weight excluding hydrogens is 527 g/mol. The lowest BCUT2D eigenvalue weighted by Crippen LogP contribution is -2.28. The van der Waals surface area contributed by atoms with Crippen LogP contribution in [0.25, 0.3) is 0 Å². The van der Waals surface area contributed by atoms with E-state index in [0.29, 0.717) is 17.6 Å². The lowest BCUT2D eigenvalue weighted by molar-refractivity contribution is 0.305. The second-order valence-corrected chi connectivity index (χ2v) is 10.4. The molecule has 184 valence electrons. The number of ether oxygens (including phenoxy) is 1. The molecule has 0 aromatic heterocycles. The molecular formula is C32H26BrFN2O. The third kappa shape index (κ3) is 5.09. The van der Waals surface area contributed by atoms with Gasteiger partial charge in [-0.15, -0.1) is 0 Å². The van der Waals surface area contributed by atoms with Crippen LogP contribution < -0.4 is 10.1 Å². The van der Waals surface area contributed by atoms with E-state index in [1.54, 1.807) is 6.07 Å². The summed E-state index contributed by atoms with van der Waals surface area (Å²) >= 11 is 3.54. The molecule has 5 heteroatoms. The maximum Gasteiger partial charge on any atom is 0.128 e. The molecule has 3 nitrogen and oxygen atoms in total. The van der Waals surface area contributed by atoms with Crippen LogP contribution in [-0.4, -0.2) is 6.21 Å². The van der Waals surface area contributed by atoms with Gasteiger partial charge in [0, 0.05) is 27.9 Å². The van der Waals surface area contributed by atoms with Crippen LogP contribution >= 0.6 is 15.9 Å². The minimum Gasteiger partial charge on any atom is -0.488 e. The number of benzene rings is 4. The number of allylic oxidation sites excluding steroid dienone is 2. The number of rotatable bonds is 6. The second-order valence-electron chi connectivity index (χ2n) is 9.51. The van der Waals surface area contributed by atoms with E-state index in [9.17, 15) is 4.39 Å². The molecule has 2 aliphatic rings. The van der Waals surface area contributed by atoms with Crippen LogP contribution in [0.15, 0.2) is 113 Å². The molecule has 0 fully saturated rings. The number of nitrogens with one attached hydrogen (secondary N) is 1. The van der Waals surface area contributed by atoms with Crippen LogP contribution in [0.5, 0.6) is 5.75 Å². The zero-order valence-electron chi connectivity index (χ0n) is 20.1. The lowest BCUT2D eigenvalue weighted by atomic mass is 9.77. The Hall–Kier alpha value is -3.70. The summed E-state index contributed by atoms with van der Waals surface area (Å²) in [4.78, 5) is 4.72. The van der Waals surface area contributed by atoms with Gasteiger partial charge in [0.25, 0.3) is 0 Å². The SMILES string of the molecule is Fc1cccc(COc2ccc(Br)cc2C=Nc2ccc([C@@H]3Nc4ccccc4[C@@H]4C=CC[C@@H]43)cc2)c1. The van der Waals surface area contributed by atoms with Gasteiger partial charge in [0.05, 0.1) is 11.7 Å². The van der Waals surface area contributed by atoms with Gasteiger partial charge in [-0.1, -0.05) is 70.5 Å². The van der Waals surface area contributed by atoms with Gasteiger partial charge in [-0.3, -0.25) is 4.99 Å². The van der Waals surface area contributed by atoms with Gasteiger partial charge < -0.3 is 10.1 Å². The maximum atomic E-state index is 13.5. The number of nitrogens with zero attached hydrogens (tertiary/aromatic N) is 1. The molecule has 4 aromatic carbocycles. The lowest BCUT2D eigenvalue weighted by Gasteiger charge is -2.37. The maximum absolute atomic E-state index is 13.5. The minimum atomic E-state index is -0.269. The molecule has 0 spiro atoms. The number of halogens is 2. The molecule has 0 unspecified atom stereocenters. The van der Waals surface area contributed by atoms with E-state index >= 15 is 0 Å². The van der Waals surface area contributed by atoms with E-state index in [2.05, 4.69) is 81.9 Å². The molecule has 1 aliphatic carbocycles. The van der Waals surface area contributed by atoms with Gasteiger partial charge in [-0.2, -0.15) is 0 Å². The van der Waals surface area contributed by atoms with Crippen molar-refractivity contribution in [1.82, 2.24) is 0 Å². The van der Waals surface area contributed by atoms with Gasteiger partial charge >= 0.3 is 0 Å². The summed E-state index contributed by atoms with van der Waals surface area (Å²) in [5.74, 6) is 1.40. The highest BCUT2D eigenvalue weighted by Crippen LogP contribution is 2.49. The van der Waals surface area contributed by atoms with Crippen molar-refractivity contribution < 1.29 is 9.13 Å². The van der Waals surface area contributed by atoms with E-state index in [1.165, 1.54) is 28.9 Å². The average Bonchev–Trinajstić information content (AvgIpc) is 3.42. The Morgan fingerprint density at radius 3 is 2.70 bits per heavy atom. The smallest absolute Gasteiger partial charge is 0.128 e. The molecule has 37 heavy (non-hydrogen) atoms. The molecule has 0 radical (unpaired) electrons. The van der Waals surface area contributed by atoms with Crippen molar-refractivity contribution >= 4 is 33.5 Å². The average molecular weight is 553 g/mol. The molecule has 0 amide bonds. The molecule has 3 atom stereocenters. The van der Waals surface area contributed by atoms with Crippen molar-refractivity contribution in [2.24, 2.45) is 10.9 Å². The number of fused-ring (bicyclic) bond motifs is 3. The first-order valence-electron chi connectivity index (χ1n) is 12.5. The van der Waals surface area contributed by atoms with Crippen molar-refractivity contribution in [3.8, 4) is 5.75 Å². The molecule has 1 heterocycles. The zero-order valence-corrected chi connectivity index (χ0v) is 21.7. The molecule has 0 saturated heterocycles. The van der Waals surface area contributed by atoms with Crippen molar-refractivity contribution in [3.05, 3.63) is 136 Å². The Balaban J connectivity index is 1.19. The highest BCUT2D eigenvalue weighted by molar-refractivity contribution is 9.10. The third-order valence-corrected chi connectivity index (χ3v) is 7.63. The van der Waals surface area contributed by atoms with Crippen molar-refractivity contribution in [1.29, 1.82) is 0 Å². The summed E-state index contributed by atoms with van der Waals surface area (Å²) in [6.45, 7) is 0.281. The van der Waals surface area contributed by atoms with Crippen LogP contribution in [0.3, 0.4) is 0 Å². The molecule has 1 N–H and O–H groups in total. The molecule has 0 saturated carbocycles. The Bertz CT molecular complexity index is 1480. The Morgan fingerprint density at radius 2 is 1.84 bits per heavy atom. The van der Waals surface area contributed by atoms with E-state index in [-0.39, 0.29) is 18.5 Å². The first kappa shape index (κ1) is 23.7. The van der Waals surface area contributed by atoms with Crippen LogP contribution in [-0.2, 0) is 6.61 Å². The first-order chi connectivity index (χ1) is 18.1. The summed E-state index contributed by atoms with van der Waals surface area (Å²) < 4.78 is 20.5. The van der Waals surface area contributed by atoms with Crippen LogP contribution in [0, 0.1) is 11.7 Å². The predicted octanol–water partition coefficient (Wildman–Crippen LogP) is 8.74. The van der Waals surface area contributed by atoms with Crippen LogP contribution in [0.4, 0.5) is 15.8 Å². The summed E-state index contributed by atoms with van der Waals surface area (Å²) in [7, 11) is 0. The summed E-state index contributed by atoms with van der Waals surface area (Å²) in [5.41, 5.74) is 6.39. The largest absolute Gasteiger partial charge is 0.488 e. The molecule has 6 rings (SSSR count). The standard InChI is InChI=1S/C32H26BrFN2O/c33-24-13-16-31(37-20-21-5-3-6-25(34)17-21)23(18-24)19-35-26-14-11-22(12-15-26)32-29-9-4-8-27(29)28-7-1-2-10-30(28)36-32/h1-8,10-19,27,29,32,36H,9,20H2/t27-,29-,32-/m0/s1. The van der Waals surface area contributed by atoms with E-state index in [1.807, 2.05) is 30.5 Å². The minimum absolute atomic E-state index is 0.265. The number of hydrogen-bond donors (Lipinski definition) is 1. The van der Waals surface area contributed by atoms with Gasteiger partial charge in [-0.25, -0.2) is 4.39 Å². The Kier molecular flexibility index (Phi) is 6.62. The van der Waals surface area contributed by atoms with Crippen molar-refractivity contribution in [3.63, 3.8) is 0 Å². The number of anilines is 1. The molecule has 0 bridgehead atoms. The monoisotopic (exact) mass is 552 g/mol. The Morgan fingerprint density at radius 1 is 0.973 bits per heavy atom. The quantitative estimate of drug-likeness (QED) is 0.191. The Labute approximate surface area is 224 Å². The van der Waals surface area contributed by atoms with E-state index in [0.717, 1.165) is 27.7 Å². The van der Waals surface area contributed by atoms with Gasteiger partial charge in [-0.05, 0) is 77.6 Å². The van der Waals surface area contributed by atoms with Crippen LogP contribution in [0.2, 0.25) is 0 Å². The van der Waals surface area contributed by atoms with Gasteiger partial charge in [0.15, 0.2) is 0 Å². The fourth-order valence-electron chi connectivity index (χ4n) is 5.32. The fraction of sp³-hybridized carbons (Fsp3) is 0.156. The fourth-order valence-corrected chi connectivity index (χ4v) is 5.70. The summed E-state index contributed by atoms with van der Waals surface area (Å²) in [6, 6.07) is 29.6. The predicted molar refractivity (Wildman–Crippen MR) is 151 cm³/mol. The van der Waals surface area contributed by atoms with Gasteiger partial charge in [0.2, 0.25) is 0 Å². The molecule has 1 aliphatic heterocycles. The highest BCUT2D eigenvalue weighted by atomic mass is 79.9. The number of aliphatic imine (C=N–C) groups is 1. The first-order valence-corrected chi connectivity index (χ1v) is 13.3.